The van der Waals surface area contributed by atoms with Crippen molar-refractivity contribution < 1.29 is 34.5 Å². The third-order valence-electron chi connectivity index (χ3n) is 5.62. The van der Waals surface area contributed by atoms with Gasteiger partial charge in [0.15, 0.2) is 5.82 Å². The molecule has 0 aromatic carbocycles. The number of amides is 1. The Morgan fingerprint density at radius 1 is 0.861 bits per heavy atom. The lowest BCUT2D eigenvalue weighted by atomic mass is 10.1. The predicted octanol–water partition coefficient (Wildman–Crippen LogP) is -1.71. The van der Waals surface area contributed by atoms with E-state index in [2.05, 4.69) is 25.7 Å². The van der Waals surface area contributed by atoms with Gasteiger partial charge in [-0.2, -0.15) is 0 Å². The number of aryl methyl sites for hydroxylation is 1. The van der Waals surface area contributed by atoms with Gasteiger partial charge in [-0.15, -0.1) is 20.4 Å². The van der Waals surface area contributed by atoms with Crippen LogP contribution in [0.3, 0.4) is 0 Å². The van der Waals surface area contributed by atoms with Crippen LogP contribution in [0.1, 0.15) is 25.1 Å². The predicted molar refractivity (Wildman–Crippen MR) is 124 cm³/mol. The third kappa shape index (κ3) is 11.2. The van der Waals surface area contributed by atoms with Crippen molar-refractivity contribution in [3.63, 3.8) is 0 Å². The molecule has 1 saturated heterocycles. The van der Waals surface area contributed by atoms with Gasteiger partial charge in [-0.3, -0.25) is 33.9 Å². The first kappa shape index (κ1) is 29.2. The minimum atomic E-state index is -1.10. The van der Waals surface area contributed by atoms with Crippen molar-refractivity contribution in [2.75, 3.05) is 58.9 Å². The summed E-state index contributed by atoms with van der Waals surface area (Å²) in [5, 5.41) is 45.6. The van der Waals surface area contributed by atoms with Crippen LogP contribution in [0.5, 0.6) is 0 Å². The van der Waals surface area contributed by atoms with E-state index in [1.54, 1.807) is 14.7 Å². The van der Waals surface area contributed by atoms with E-state index in [1.165, 1.54) is 0 Å². The van der Waals surface area contributed by atoms with Crippen LogP contribution in [-0.4, -0.2) is 139 Å². The van der Waals surface area contributed by atoms with E-state index in [0.29, 0.717) is 51.4 Å². The minimum absolute atomic E-state index is 0.0221. The molecule has 0 bridgehead atoms. The summed E-state index contributed by atoms with van der Waals surface area (Å²) in [4.78, 5) is 51.7. The fourth-order valence-corrected chi connectivity index (χ4v) is 3.87. The molecule has 200 valence electrons. The lowest BCUT2D eigenvalue weighted by Crippen LogP contribution is -2.47. The summed E-state index contributed by atoms with van der Waals surface area (Å²) in [7, 11) is 0. The minimum Gasteiger partial charge on any atom is -0.480 e. The number of carboxylic acids is 3. The average molecular weight is 531 g/mol. The first-order chi connectivity index (χ1) is 17.1. The van der Waals surface area contributed by atoms with Gasteiger partial charge in [0, 0.05) is 58.7 Å². The van der Waals surface area contributed by atoms with Gasteiger partial charge in [0.05, 0.1) is 13.1 Å². The topological polar surface area (TPSA) is 202 Å². The fourth-order valence-electron chi connectivity index (χ4n) is 3.80. The maximum atomic E-state index is 12.3. The van der Waals surface area contributed by atoms with Crippen LogP contribution in [0.2, 0.25) is 5.28 Å². The number of carbonyl (C=O) groups excluding carboxylic acids is 1. The van der Waals surface area contributed by atoms with Crippen LogP contribution >= 0.6 is 11.6 Å². The van der Waals surface area contributed by atoms with Gasteiger partial charge in [-0.25, -0.2) is 0 Å². The molecule has 15 nitrogen and oxygen atoms in total. The quantitative estimate of drug-likeness (QED) is 0.210. The Morgan fingerprint density at radius 2 is 1.39 bits per heavy atom. The molecule has 1 atom stereocenters. The summed E-state index contributed by atoms with van der Waals surface area (Å²) in [6.45, 7) is 1.72. The van der Waals surface area contributed by atoms with E-state index in [4.69, 9.17) is 21.8 Å². The maximum absolute atomic E-state index is 12.3. The van der Waals surface area contributed by atoms with Crippen LogP contribution in [-0.2, 0) is 25.6 Å². The van der Waals surface area contributed by atoms with Crippen molar-refractivity contribution in [1.82, 2.24) is 40.4 Å². The Hall–Kier alpha value is -3.01. The van der Waals surface area contributed by atoms with Crippen LogP contribution in [0, 0.1) is 0 Å². The first-order valence-electron chi connectivity index (χ1n) is 11.5. The molecule has 0 spiro atoms. The van der Waals surface area contributed by atoms with Gasteiger partial charge < -0.3 is 20.6 Å². The molecular formula is C20H31ClN8O7. The SMILES string of the molecule is O=C(O)CN1CCN(CC(=O)O)CCN([C@@H](CCC(=O)NCCCc2nnc(Cl)nn2)C(=O)O)CC1. The van der Waals surface area contributed by atoms with E-state index < -0.39 is 23.9 Å². The molecule has 0 saturated carbocycles. The number of nitrogens with zero attached hydrogens (tertiary/aromatic N) is 7. The second kappa shape index (κ2) is 15.2. The summed E-state index contributed by atoms with van der Waals surface area (Å²) in [6.07, 6.45) is 0.992. The molecule has 0 unspecified atom stereocenters. The van der Waals surface area contributed by atoms with Crippen LogP contribution in [0.15, 0.2) is 0 Å². The Labute approximate surface area is 212 Å². The summed E-state index contributed by atoms with van der Waals surface area (Å²) in [6, 6.07) is -0.980. The van der Waals surface area contributed by atoms with Crippen LogP contribution < -0.4 is 5.32 Å². The van der Waals surface area contributed by atoms with Gasteiger partial charge in [0.25, 0.3) is 5.28 Å². The number of aliphatic carboxylic acids is 3. The fraction of sp³-hybridized carbons (Fsp3) is 0.700. The molecule has 2 rings (SSSR count). The van der Waals surface area contributed by atoms with Crippen LogP contribution in [0.25, 0.3) is 0 Å². The van der Waals surface area contributed by atoms with Gasteiger partial charge in [0.2, 0.25) is 5.91 Å². The van der Waals surface area contributed by atoms with Gasteiger partial charge in [-0.05, 0) is 24.4 Å². The van der Waals surface area contributed by atoms with E-state index in [1.807, 2.05) is 0 Å². The standard InChI is InChI=1S/C20H31ClN8O7/c21-20-25-23-15(24-26-20)2-1-5-22-16(30)4-3-14(19(35)36)29-10-8-27(12-17(31)32)6-7-28(9-11-29)13-18(33)34/h14H,1-13H2,(H,22,30)(H,31,32)(H,33,34)(H,35,36)/t14-/m0/s1. The molecule has 1 amide bonds. The van der Waals surface area contributed by atoms with E-state index in [0.717, 1.165) is 0 Å². The molecular weight excluding hydrogens is 500 g/mol. The average Bonchev–Trinajstić information content (AvgIpc) is 2.89. The number of hydrogen-bond acceptors (Lipinski definition) is 11. The Morgan fingerprint density at radius 3 is 1.89 bits per heavy atom. The lowest BCUT2D eigenvalue weighted by molar-refractivity contribution is -0.144. The molecule has 4 N–H and O–H groups in total. The normalized spacial score (nSPS) is 16.9. The number of aromatic nitrogens is 4. The molecule has 36 heavy (non-hydrogen) atoms. The second-order valence-electron chi connectivity index (χ2n) is 8.31. The molecule has 1 aliphatic heterocycles. The number of hydrogen-bond donors (Lipinski definition) is 4. The van der Waals surface area contributed by atoms with Gasteiger partial charge in [-0.1, -0.05) is 0 Å². The Bertz CT molecular complexity index is 863. The molecule has 1 fully saturated rings. The number of rotatable bonds is 13. The number of halogens is 1. The van der Waals surface area contributed by atoms with Crippen molar-refractivity contribution in [3.05, 3.63) is 11.1 Å². The smallest absolute Gasteiger partial charge is 0.320 e. The highest BCUT2D eigenvalue weighted by Crippen LogP contribution is 2.11. The van der Waals surface area contributed by atoms with Crippen LogP contribution in [0.4, 0.5) is 0 Å². The zero-order valence-corrected chi connectivity index (χ0v) is 20.5. The summed E-state index contributed by atoms with van der Waals surface area (Å²) >= 11 is 5.53. The van der Waals surface area contributed by atoms with E-state index >= 15 is 0 Å². The molecule has 1 aromatic rings. The van der Waals surface area contributed by atoms with Crippen molar-refractivity contribution in [2.24, 2.45) is 0 Å². The zero-order chi connectivity index (χ0) is 26.5. The largest absolute Gasteiger partial charge is 0.480 e. The molecule has 16 heteroatoms. The van der Waals surface area contributed by atoms with Crippen molar-refractivity contribution in [3.8, 4) is 0 Å². The highest BCUT2D eigenvalue weighted by Gasteiger charge is 2.28. The van der Waals surface area contributed by atoms with E-state index in [9.17, 15) is 24.3 Å². The van der Waals surface area contributed by atoms with Crippen molar-refractivity contribution in [2.45, 2.75) is 31.7 Å². The van der Waals surface area contributed by atoms with Gasteiger partial charge >= 0.3 is 17.9 Å². The van der Waals surface area contributed by atoms with E-state index in [-0.39, 0.29) is 50.2 Å². The van der Waals surface area contributed by atoms with Crippen molar-refractivity contribution in [1.29, 1.82) is 0 Å². The summed E-state index contributed by atoms with van der Waals surface area (Å²) in [5.41, 5.74) is 0. The summed E-state index contributed by atoms with van der Waals surface area (Å²) in [5.74, 6) is -3.06. The Balaban J connectivity index is 1.89. The molecule has 1 aromatic heterocycles. The van der Waals surface area contributed by atoms with Gasteiger partial charge in [0.1, 0.15) is 6.04 Å². The monoisotopic (exact) mass is 530 g/mol. The highest BCUT2D eigenvalue weighted by atomic mass is 35.5. The highest BCUT2D eigenvalue weighted by molar-refractivity contribution is 6.28. The summed E-state index contributed by atoms with van der Waals surface area (Å²) < 4.78 is 0. The lowest BCUT2D eigenvalue weighted by Gasteiger charge is -2.30. The zero-order valence-electron chi connectivity index (χ0n) is 19.8. The molecule has 2 heterocycles. The molecule has 0 aliphatic carbocycles. The number of carboxylic acid groups (broad SMARTS) is 3. The first-order valence-corrected chi connectivity index (χ1v) is 11.9. The number of carbonyl (C=O) groups is 4. The van der Waals surface area contributed by atoms with Crippen molar-refractivity contribution >= 4 is 35.4 Å². The number of nitrogens with one attached hydrogen (secondary N) is 1. The second-order valence-corrected chi connectivity index (χ2v) is 8.65. The Kier molecular flexibility index (Phi) is 12.3. The molecule has 1 aliphatic rings. The third-order valence-corrected chi connectivity index (χ3v) is 5.77. The maximum Gasteiger partial charge on any atom is 0.320 e. The molecule has 0 radical (unpaired) electrons.